The van der Waals surface area contributed by atoms with Gasteiger partial charge in [0.05, 0.1) is 11.0 Å². The first kappa shape index (κ1) is 11.0. The van der Waals surface area contributed by atoms with E-state index in [1.165, 1.54) is 0 Å². The van der Waals surface area contributed by atoms with E-state index in [2.05, 4.69) is 10.3 Å². The summed E-state index contributed by atoms with van der Waals surface area (Å²) in [5.74, 6) is 0. The fraction of sp³-hybridized carbons (Fsp3) is 0.417. The van der Waals surface area contributed by atoms with Gasteiger partial charge in [-0.2, -0.15) is 4.98 Å². The number of para-hydroxylation sites is 2. The highest BCUT2D eigenvalue weighted by Crippen LogP contribution is 2.19. The molecule has 0 aliphatic carbocycles. The van der Waals surface area contributed by atoms with Crippen LogP contribution in [-0.4, -0.2) is 29.2 Å². The van der Waals surface area contributed by atoms with E-state index in [-0.39, 0.29) is 6.10 Å². The van der Waals surface area contributed by atoms with Gasteiger partial charge in [0.1, 0.15) is 6.10 Å². The molecule has 1 atom stereocenters. The minimum absolute atomic E-state index is 0.112. The highest BCUT2D eigenvalue weighted by Gasteiger charge is 2.10. The standard InChI is InChI=1S/C12H17N3O/c1-9(8-13-2)16-12-14-10-6-4-5-7-11(10)15(12)3/h4-7,9,13H,8H2,1-3H3. The van der Waals surface area contributed by atoms with Gasteiger partial charge < -0.3 is 10.1 Å². The second-order valence-corrected chi connectivity index (χ2v) is 3.93. The lowest BCUT2D eigenvalue weighted by molar-refractivity contribution is 0.197. The third-order valence-electron chi connectivity index (χ3n) is 2.54. The Bertz CT molecular complexity index is 478. The molecule has 0 spiro atoms. The zero-order chi connectivity index (χ0) is 11.5. The average Bonchev–Trinajstić information content (AvgIpc) is 2.57. The number of hydrogen-bond donors (Lipinski definition) is 1. The molecule has 86 valence electrons. The smallest absolute Gasteiger partial charge is 0.297 e. The molecule has 0 aliphatic heterocycles. The third kappa shape index (κ3) is 2.02. The summed E-state index contributed by atoms with van der Waals surface area (Å²) in [7, 11) is 3.88. The van der Waals surface area contributed by atoms with Crippen LogP contribution in [-0.2, 0) is 7.05 Å². The summed E-state index contributed by atoms with van der Waals surface area (Å²) in [5.41, 5.74) is 2.06. The van der Waals surface area contributed by atoms with Crippen molar-refractivity contribution >= 4 is 11.0 Å². The van der Waals surface area contributed by atoms with Crippen molar-refractivity contribution in [3.8, 4) is 6.01 Å². The molecule has 16 heavy (non-hydrogen) atoms. The number of fused-ring (bicyclic) bond motifs is 1. The number of rotatable bonds is 4. The van der Waals surface area contributed by atoms with Gasteiger partial charge in [-0.1, -0.05) is 12.1 Å². The number of ether oxygens (including phenoxy) is 1. The number of nitrogens with one attached hydrogen (secondary N) is 1. The van der Waals surface area contributed by atoms with Gasteiger partial charge in [-0.15, -0.1) is 0 Å². The van der Waals surface area contributed by atoms with Crippen LogP contribution in [0.15, 0.2) is 24.3 Å². The molecule has 4 nitrogen and oxygen atoms in total. The number of aryl methyl sites for hydroxylation is 1. The lowest BCUT2D eigenvalue weighted by Gasteiger charge is -2.12. The topological polar surface area (TPSA) is 39.1 Å². The lowest BCUT2D eigenvalue weighted by Crippen LogP contribution is -2.26. The Balaban J connectivity index is 2.27. The quantitative estimate of drug-likeness (QED) is 0.848. The van der Waals surface area contributed by atoms with Gasteiger partial charge in [0.2, 0.25) is 0 Å². The summed E-state index contributed by atoms with van der Waals surface area (Å²) in [4.78, 5) is 4.45. The van der Waals surface area contributed by atoms with E-state index in [4.69, 9.17) is 4.74 Å². The van der Waals surface area contributed by atoms with Gasteiger partial charge in [0, 0.05) is 13.6 Å². The Kier molecular flexibility index (Phi) is 3.10. The van der Waals surface area contributed by atoms with Crippen molar-refractivity contribution in [3.05, 3.63) is 24.3 Å². The van der Waals surface area contributed by atoms with Crippen LogP contribution in [0.3, 0.4) is 0 Å². The molecule has 0 bridgehead atoms. The number of likely N-dealkylation sites (N-methyl/N-ethyl adjacent to an activating group) is 1. The fourth-order valence-electron chi connectivity index (χ4n) is 1.74. The van der Waals surface area contributed by atoms with E-state index in [0.29, 0.717) is 6.01 Å². The first-order valence-electron chi connectivity index (χ1n) is 5.45. The van der Waals surface area contributed by atoms with Gasteiger partial charge in [-0.3, -0.25) is 4.57 Å². The van der Waals surface area contributed by atoms with Crippen LogP contribution in [0.4, 0.5) is 0 Å². The molecule has 0 saturated carbocycles. The van der Waals surface area contributed by atoms with Crippen LogP contribution in [0.1, 0.15) is 6.92 Å². The second-order valence-electron chi connectivity index (χ2n) is 3.93. The second kappa shape index (κ2) is 4.53. The third-order valence-corrected chi connectivity index (χ3v) is 2.54. The van der Waals surface area contributed by atoms with Crippen molar-refractivity contribution in [2.75, 3.05) is 13.6 Å². The molecular weight excluding hydrogens is 202 g/mol. The van der Waals surface area contributed by atoms with Crippen molar-refractivity contribution in [2.45, 2.75) is 13.0 Å². The van der Waals surface area contributed by atoms with Crippen LogP contribution < -0.4 is 10.1 Å². The Morgan fingerprint density at radius 2 is 2.19 bits per heavy atom. The largest absolute Gasteiger partial charge is 0.460 e. The molecule has 1 aromatic carbocycles. The van der Waals surface area contributed by atoms with Crippen LogP contribution in [0.5, 0.6) is 6.01 Å². The molecule has 1 heterocycles. The number of hydrogen-bond acceptors (Lipinski definition) is 3. The molecule has 2 aromatic rings. The van der Waals surface area contributed by atoms with Crippen molar-refractivity contribution in [3.63, 3.8) is 0 Å². The molecule has 0 saturated heterocycles. The Hall–Kier alpha value is -1.55. The Morgan fingerprint density at radius 3 is 2.88 bits per heavy atom. The van der Waals surface area contributed by atoms with Gasteiger partial charge in [-0.25, -0.2) is 0 Å². The molecule has 1 unspecified atom stereocenters. The lowest BCUT2D eigenvalue weighted by atomic mass is 10.3. The van der Waals surface area contributed by atoms with Crippen molar-refractivity contribution in [2.24, 2.45) is 7.05 Å². The molecule has 1 aromatic heterocycles. The minimum atomic E-state index is 0.112. The predicted octanol–water partition coefficient (Wildman–Crippen LogP) is 1.56. The Morgan fingerprint density at radius 1 is 1.44 bits per heavy atom. The zero-order valence-electron chi connectivity index (χ0n) is 9.90. The van der Waals surface area contributed by atoms with Gasteiger partial charge >= 0.3 is 0 Å². The van der Waals surface area contributed by atoms with E-state index >= 15 is 0 Å². The van der Waals surface area contributed by atoms with Gasteiger partial charge in [0.25, 0.3) is 6.01 Å². The summed E-state index contributed by atoms with van der Waals surface area (Å²) in [6.07, 6.45) is 0.112. The van der Waals surface area contributed by atoms with Crippen molar-refractivity contribution in [1.29, 1.82) is 0 Å². The predicted molar refractivity (Wildman–Crippen MR) is 64.7 cm³/mol. The molecule has 2 rings (SSSR count). The SMILES string of the molecule is CNCC(C)Oc1nc2ccccc2n1C. The zero-order valence-corrected chi connectivity index (χ0v) is 9.90. The van der Waals surface area contributed by atoms with Gasteiger partial charge in [0.15, 0.2) is 0 Å². The average molecular weight is 219 g/mol. The maximum Gasteiger partial charge on any atom is 0.297 e. The van der Waals surface area contributed by atoms with Crippen molar-refractivity contribution in [1.82, 2.24) is 14.9 Å². The number of nitrogens with zero attached hydrogens (tertiary/aromatic N) is 2. The maximum atomic E-state index is 5.76. The van der Waals surface area contributed by atoms with E-state index in [9.17, 15) is 0 Å². The first-order valence-corrected chi connectivity index (χ1v) is 5.45. The summed E-state index contributed by atoms with van der Waals surface area (Å²) < 4.78 is 7.73. The number of imidazole rings is 1. The molecular formula is C12H17N3O. The van der Waals surface area contributed by atoms with Gasteiger partial charge in [-0.05, 0) is 26.1 Å². The first-order chi connectivity index (χ1) is 7.72. The number of benzene rings is 1. The molecule has 0 aliphatic rings. The highest BCUT2D eigenvalue weighted by atomic mass is 16.5. The van der Waals surface area contributed by atoms with Crippen LogP contribution in [0.25, 0.3) is 11.0 Å². The van der Waals surface area contributed by atoms with E-state index in [1.807, 2.05) is 49.9 Å². The molecule has 1 N–H and O–H groups in total. The molecule has 0 radical (unpaired) electrons. The molecule has 0 fully saturated rings. The summed E-state index contributed by atoms with van der Waals surface area (Å²) in [5, 5.41) is 3.08. The van der Waals surface area contributed by atoms with Crippen LogP contribution >= 0.6 is 0 Å². The van der Waals surface area contributed by atoms with E-state index < -0.39 is 0 Å². The molecule has 0 amide bonds. The van der Waals surface area contributed by atoms with Crippen molar-refractivity contribution < 1.29 is 4.74 Å². The van der Waals surface area contributed by atoms with Crippen LogP contribution in [0, 0.1) is 0 Å². The molecule has 4 heteroatoms. The minimum Gasteiger partial charge on any atom is -0.460 e. The summed E-state index contributed by atoms with van der Waals surface area (Å²) in [6, 6.07) is 8.69. The summed E-state index contributed by atoms with van der Waals surface area (Å²) >= 11 is 0. The maximum absolute atomic E-state index is 5.76. The normalized spacial score (nSPS) is 12.9. The van der Waals surface area contributed by atoms with Crippen LogP contribution in [0.2, 0.25) is 0 Å². The summed E-state index contributed by atoms with van der Waals surface area (Å²) in [6.45, 7) is 2.83. The number of aromatic nitrogens is 2. The fourth-order valence-corrected chi connectivity index (χ4v) is 1.74. The monoisotopic (exact) mass is 219 g/mol. The highest BCUT2D eigenvalue weighted by molar-refractivity contribution is 5.76. The van der Waals surface area contributed by atoms with E-state index in [0.717, 1.165) is 17.6 Å². The Labute approximate surface area is 95.2 Å². The van der Waals surface area contributed by atoms with E-state index in [1.54, 1.807) is 0 Å².